The third-order valence-electron chi connectivity index (χ3n) is 6.48. The zero-order chi connectivity index (χ0) is 22.7. The van der Waals surface area contributed by atoms with E-state index >= 15 is 0 Å². The normalized spacial score (nSPS) is 16.7. The maximum absolute atomic E-state index is 12.9. The van der Waals surface area contributed by atoms with Crippen LogP contribution in [0.15, 0.2) is 30.3 Å². The quantitative estimate of drug-likeness (QED) is 0.549. The Bertz CT molecular complexity index is 1110. The first-order chi connectivity index (χ1) is 15.5. The molecule has 2 aromatic heterocycles. The molecule has 0 bridgehead atoms. The zero-order valence-corrected chi connectivity index (χ0v) is 19.5. The number of rotatable bonds is 8. The third kappa shape index (κ3) is 4.54. The van der Waals surface area contributed by atoms with Crippen molar-refractivity contribution >= 4 is 16.8 Å². The summed E-state index contributed by atoms with van der Waals surface area (Å²) in [5, 5.41) is 8.52. The Morgan fingerprint density at radius 2 is 2.09 bits per heavy atom. The Balaban J connectivity index is 1.55. The van der Waals surface area contributed by atoms with Crippen LogP contribution < -0.4 is 5.32 Å². The summed E-state index contributed by atoms with van der Waals surface area (Å²) in [6.45, 7) is 11.1. The molecule has 1 amide bonds. The lowest BCUT2D eigenvalue weighted by molar-refractivity contribution is 0.0938. The fourth-order valence-corrected chi connectivity index (χ4v) is 4.67. The van der Waals surface area contributed by atoms with Crippen molar-refractivity contribution in [3.8, 4) is 0 Å². The van der Waals surface area contributed by atoms with Crippen LogP contribution in [0.25, 0.3) is 10.9 Å². The number of carbonyl (C=O) groups excluding carboxylic acids is 1. The van der Waals surface area contributed by atoms with Gasteiger partial charge >= 0.3 is 0 Å². The van der Waals surface area contributed by atoms with E-state index < -0.39 is 0 Å². The van der Waals surface area contributed by atoms with Gasteiger partial charge in [0.1, 0.15) is 0 Å². The molecule has 0 aliphatic carbocycles. The molecule has 3 heterocycles. The Morgan fingerprint density at radius 1 is 1.28 bits per heavy atom. The number of ether oxygens (including phenoxy) is 1. The molecule has 1 N–H and O–H groups in total. The standard InChI is InChI=1S/C25H33N5O2/c1-5-30-18(3)22(17(2)28-30)16-29-12-10-19(15-29)24-14-21(25(31)26-11-13-32-4)20-8-6-7-9-23(20)27-24/h6-9,14,19H,5,10-13,15-16H2,1-4H3,(H,26,31)/t19-/m1/s1. The highest BCUT2D eigenvalue weighted by Crippen LogP contribution is 2.31. The molecule has 1 saturated heterocycles. The second-order valence-corrected chi connectivity index (χ2v) is 8.55. The molecule has 4 rings (SSSR count). The molecule has 0 saturated carbocycles. The Kier molecular flexibility index (Phi) is 6.86. The minimum Gasteiger partial charge on any atom is -0.383 e. The van der Waals surface area contributed by atoms with Crippen LogP contribution in [0.2, 0.25) is 0 Å². The fourth-order valence-electron chi connectivity index (χ4n) is 4.67. The van der Waals surface area contributed by atoms with E-state index in [1.807, 2.05) is 30.3 Å². The molecule has 7 heteroatoms. The second-order valence-electron chi connectivity index (χ2n) is 8.55. The number of aryl methyl sites for hydroxylation is 2. The van der Waals surface area contributed by atoms with E-state index in [-0.39, 0.29) is 5.91 Å². The first-order valence-corrected chi connectivity index (χ1v) is 11.4. The van der Waals surface area contributed by atoms with Gasteiger partial charge in [0.05, 0.1) is 23.4 Å². The number of aromatic nitrogens is 3. The molecule has 0 radical (unpaired) electrons. The lowest BCUT2D eigenvalue weighted by atomic mass is 9.99. The molecule has 170 valence electrons. The van der Waals surface area contributed by atoms with Gasteiger partial charge in [-0.25, -0.2) is 0 Å². The van der Waals surface area contributed by atoms with Crippen molar-refractivity contribution in [3.05, 3.63) is 58.5 Å². The summed E-state index contributed by atoms with van der Waals surface area (Å²) >= 11 is 0. The van der Waals surface area contributed by atoms with E-state index in [0.717, 1.165) is 54.9 Å². The van der Waals surface area contributed by atoms with Gasteiger partial charge in [-0.15, -0.1) is 0 Å². The highest BCUT2D eigenvalue weighted by Gasteiger charge is 2.27. The molecular weight excluding hydrogens is 402 g/mol. The van der Waals surface area contributed by atoms with Crippen molar-refractivity contribution < 1.29 is 9.53 Å². The summed E-state index contributed by atoms with van der Waals surface area (Å²) in [4.78, 5) is 20.3. The monoisotopic (exact) mass is 435 g/mol. The molecule has 1 aliphatic rings. The van der Waals surface area contributed by atoms with Crippen LogP contribution in [-0.4, -0.2) is 58.9 Å². The number of hydrogen-bond acceptors (Lipinski definition) is 5. The number of hydrogen-bond donors (Lipinski definition) is 1. The van der Waals surface area contributed by atoms with Crippen LogP contribution in [0.1, 0.15) is 52.3 Å². The molecular formula is C25H33N5O2. The maximum atomic E-state index is 12.9. The summed E-state index contributed by atoms with van der Waals surface area (Å²) in [5.74, 6) is 0.238. The van der Waals surface area contributed by atoms with Crippen molar-refractivity contribution in [3.63, 3.8) is 0 Å². The van der Waals surface area contributed by atoms with Crippen molar-refractivity contribution in [2.75, 3.05) is 33.4 Å². The highest BCUT2D eigenvalue weighted by atomic mass is 16.5. The zero-order valence-electron chi connectivity index (χ0n) is 19.5. The minimum absolute atomic E-state index is 0.0741. The van der Waals surface area contributed by atoms with Crippen LogP contribution in [-0.2, 0) is 17.8 Å². The van der Waals surface area contributed by atoms with E-state index in [4.69, 9.17) is 9.72 Å². The van der Waals surface area contributed by atoms with Crippen LogP contribution in [0.3, 0.4) is 0 Å². The van der Waals surface area contributed by atoms with E-state index in [1.165, 1.54) is 11.3 Å². The predicted molar refractivity (Wildman–Crippen MR) is 126 cm³/mol. The molecule has 0 spiro atoms. The molecule has 1 aliphatic heterocycles. The van der Waals surface area contributed by atoms with Gasteiger partial charge in [-0.3, -0.25) is 19.4 Å². The number of benzene rings is 1. The van der Waals surface area contributed by atoms with Gasteiger partial charge < -0.3 is 10.1 Å². The average molecular weight is 436 g/mol. The summed E-state index contributed by atoms with van der Waals surface area (Å²) in [6.07, 6.45) is 1.04. The number of pyridine rings is 1. The predicted octanol–water partition coefficient (Wildman–Crippen LogP) is 3.43. The first kappa shape index (κ1) is 22.4. The summed E-state index contributed by atoms with van der Waals surface area (Å²) < 4.78 is 7.15. The largest absolute Gasteiger partial charge is 0.383 e. The lowest BCUT2D eigenvalue weighted by Gasteiger charge is -2.17. The van der Waals surface area contributed by atoms with Gasteiger partial charge in [-0.05, 0) is 45.9 Å². The van der Waals surface area contributed by atoms with Crippen LogP contribution >= 0.6 is 0 Å². The van der Waals surface area contributed by atoms with Gasteiger partial charge in [0.15, 0.2) is 0 Å². The Morgan fingerprint density at radius 3 is 2.84 bits per heavy atom. The van der Waals surface area contributed by atoms with Gasteiger partial charge in [0.2, 0.25) is 0 Å². The van der Waals surface area contributed by atoms with Crippen molar-refractivity contribution in [2.45, 2.75) is 46.2 Å². The third-order valence-corrected chi connectivity index (χ3v) is 6.48. The minimum atomic E-state index is -0.0741. The lowest BCUT2D eigenvalue weighted by Crippen LogP contribution is -2.27. The molecule has 7 nitrogen and oxygen atoms in total. The van der Waals surface area contributed by atoms with Gasteiger partial charge in [0, 0.05) is 61.5 Å². The van der Waals surface area contributed by atoms with Crippen LogP contribution in [0.4, 0.5) is 0 Å². The van der Waals surface area contributed by atoms with E-state index in [9.17, 15) is 4.79 Å². The number of carbonyl (C=O) groups is 1. The van der Waals surface area contributed by atoms with Crippen LogP contribution in [0.5, 0.6) is 0 Å². The van der Waals surface area contributed by atoms with Gasteiger partial charge in [-0.2, -0.15) is 5.10 Å². The number of nitrogens with one attached hydrogen (secondary N) is 1. The number of amides is 1. The second kappa shape index (κ2) is 9.79. The smallest absolute Gasteiger partial charge is 0.252 e. The Labute approximate surface area is 189 Å². The van der Waals surface area contributed by atoms with E-state index in [2.05, 4.69) is 40.8 Å². The van der Waals surface area contributed by atoms with Gasteiger partial charge in [0.25, 0.3) is 5.91 Å². The number of fused-ring (bicyclic) bond motifs is 1. The molecule has 0 unspecified atom stereocenters. The van der Waals surface area contributed by atoms with Crippen molar-refractivity contribution in [2.24, 2.45) is 0 Å². The molecule has 1 atom stereocenters. The van der Waals surface area contributed by atoms with Gasteiger partial charge in [-0.1, -0.05) is 18.2 Å². The molecule has 32 heavy (non-hydrogen) atoms. The molecule has 1 aromatic carbocycles. The number of para-hydroxylation sites is 1. The number of nitrogens with zero attached hydrogens (tertiary/aromatic N) is 4. The van der Waals surface area contributed by atoms with E-state index in [0.29, 0.717) is 24.6 Å². The van der Waals surface area contributed by atoms with Crippen LogP contribution in [0, 0.1) is 13.8 Å². The first-order valence-electron chi connectivity index (χ1n) is 11.4. The number of likely N-dealkylation sites (tertiary alicyclic amines) is 1. The van der Waals surface area contributed by atoms with Crippen molar-refractivity contribution in [1.82, 2.24) is 25.0 Å². The summed E-state index contributed by atoms with van der Waals surface area (Å²) in [7, 11) is 1.63. The van der Waals surface area contributed by atoms with Crippen molar-refractivity contribution in [1.29, 1.82) is 0 Å². The fraction of sp³-hybridized carbons (Fsp3) is 0.480. The summed E-state index contributed by atoms with van der Waals surface area (Å²) in [5.41, 5.74) is 6.27. The average Bonchev–Trinajstić information content (AvgIpc) is 3.38. The SMILES string of the molecule is CCn1nc(C)c(CN2CC[C@@H](c3cc(C(=O)NCCOC)c4ccccc4n3)C2)c1C. The number of methoxy groups -OCH3 is 1. The topological polar surface area (TPSA) is 72.3 Å². The van der Waals surface area contributed by atoms with E-state index in [1.54, 1.807) is 7.11 Å². The summed E-state index contributed by atoms with van der Waals surface area (Å²) in [6, 6.07) is 9.88. The maximum Gasteiger partial charge on any atom is 0.252 e. The molecule has 3 aromatic rings. The highest BCUT2D eigenvalue weighted by molar-refractivity contribution is 6.06. The molecule has 1 fully saturated rings. The Hall–Kier alpha value is -2.77.